The van der Waals surface area contributed by atoms with Crippen LogP contribution in [0.4, 0.5) is 10.5 Å². The lowest BCUT2D eigenvalue weighted by atomic mass is 10.1. The number of hydrogen-bond donors (Lipinski definition) is 1. The average Bonchev–Trinajstić information content (AvgIpc) is 3.11. The summed E-state index contributed by atoms with van der Waals surface area (Å²) in [5.41, 5.74) is 4.37. The molecular formula is C27H24ClN3O5. The van der Waals surface area contributed by atoms with E-state index in [1.54, 1.807) is 50.2 Å². The second-order valence-electron chi connectivity index (χ2n) is 8.32. The van der Waals surface area contributed by atoms with Gasteiger partial charge >= 0.3 is 12.0 Å². The Bertz CT molecular complexity index is 1440. The van der Waals surface area contributed by atoms with Crippen LogP contribution in [0.15, 0.2) is 54.1 Å². The summed E-state index contributed by atoms with van der Waals surface area (Å²) >= 11 is 6.19. The third kappa shape index (κ3) is 4.55. The summed E-state index contributed by atoms with van der Waals surface area (Å²) in [5.74, 6) is -1.92. The van der Waals surface area contributed by atoms with Gasteiger partial charge in [0.1, 0.15) is 5.57 Å². The molecule has 0 radical (unpaired) electrons. The van der Waals surface area contributed by atoms with Crippen molar-refractivity contribution in [3.63, 3.8) is 0 Å². The molecule has 0 saturated carbocycles. The van der Waals surface area contributed by atoms with Gasteiger partial charge in [0.05, 0.1) is 17.9 Å². The minimum absolute atomic E-state index is 0.177. The van der Waals surface area contributed by atoms with Crippen molar-refractivity contribution in [3.8, 4) is 5.69 Å². The molecule has 4 amide bonds. The van der Waals surface area contributed by atoms with E-state index in [1.165, 1.54) is 12.1 Å². The Morgan fingerprint density at radius 3 is 2.31 bits per heavy atom. The molecule has 8 nitrogen and oxygen atoms in total. The van der Waals surface area contributed by atoms with Crippen LogP contribution in [0.25, 0.3) is 11.8 Å². The largest absolute Gasteiger partial charge is 0.462 e. The SMILES string of the molecule is CCOC(=O)c1ccc(-n2c(C)cc(/C=C3/C(=O)NC(=O)N(c4ccc(C)c(Cl)c4)C3=O)c2C)cc1. The fraction of sp³-hybridized carbons (Fsp3) is 0.185. The number of anilines is 1. The number of ether oxygens (including phenoxy) is 1. The summed E-state index contributed by atoms with van der Waals surface area (Å²) < 4.78 is 6.97. The van der Waals surface area contributed by atoms with Gasteiger partial charge in [0, 0.05) is 22.1 Å². The normalized spacial score (nSPS) is 14.9. The molecule has 1 aromatic heterocycles. The van der Waals surface area contributed by atoms with E-state index in [4.69, 9.17) is 16.3 Å². The van der Waals surface area contributed by atoms with Crippen LogP contribution in [0, 0.1) is 20.8 Å². The molecule has 0 spiro atoms. The Morgan fingerprint density at radius 2 is 1.67 bits per heavy atom. The zero-order valence-electron chi connectivity index (χ0n) is 20.2. The van der Waals surface area contributed by atoms with E-state index in [2.05, 4.69) is 5.32 Å². The van der Waals surface area contributed by atoms with E-state index in [0.717, 1.165) is 27.5 Å². The number of nitrogens with one attached hydrogen (secondary N) is 1. The average molecular weight is 506 g/mol. The highest BCUT2D eigenvalue weighted by Crippen LogP contribution is 2.28. The first kappa shape index (κ1) is 24.9. The van der Waals surface area contributed by atoms with Gasteiger partial charge in [-0.2, -0.15) is 0 Å². The van der Waals surface area contributed by atoms with Crippen molar-refractivity contribution < 1.29 is 23.9 Å². The van der Waals surface area contributed by atoms with E-state index in [1.807, 2.05) is 24.5 Å². The summed E-state index contributed by atoms with van der Waals surface area (Å²) in [5, 5.41) is 2.62. The molecule has 2 aromatic carbocycles. The van der Waals surface area contributed by atoms with Crippen molar-refractivity contribution in [1.29, 1.82) is 0 Å². The Kier molecular flexibility index (Phi) is 6.81. The van der Waals surface area contributed by atoms with Gasteiger partial charge in [0.25, 0.3) is 11.8 Å². The number of amides is 4. The molecule has 1 aliphatic rings. The Morgan fingerprint density at radius 1 is 1.00 bits per heavy atom. The molecule has 1 saturated heterocycles. The first-order valence-corrected chi connectivity index (χ1v) is 11.6. The number of imide groups is 2. The summed E-state index contributed by atoms with van der Waals surface area (Å²) in [6.45, 7) is 7.59. The quantitative estimate of drug-likeness (QED) is 0.302. The number of halogens is 1. The van der Waals surface area contributed by atoms with Crippen molar-refractivity contribution in [3.05, 3.63) is 87.2 Å². The van der Waals surface area contributed by atoms with Crippen LogP contribution in [0.5, 0.6) is 0 Å². The molecule has 0 unspecified atom stereocenters. The van der Waals surface area contributed by atoms with E-state index < -0.39 is 23.8 Å². The second kappa shape index (κ2) is 9.83. The molecule has 1 fully saturated rings. The monoisotopic (exact) mass is 505 g/mol. The molecule has 4 rings (SSSR count). The molecule has 36 heavy (non-hydrogen) atoms. The second-order valence-corrected chi connectivity index (χ2v) is 8.73. The van der Waals surface area contributed by atoms with Crippen molar-refractivity contribution in [2.45, 2.75) is 27.7 Å². The van der Waals surface area contributed by atoms with Crippen LogP contribution in [0.3, 0.4) is 0 Å². The number of rotatable bonds is 5. The van der Waals surface area contributed by atoms with Gasteiger partial charge in [-0.1, -0.05) is 17.7 Å². The number of urea groups is 1. The maximum atomic E-state index is 13.3. The minimum atomic E-state index is -0.839. The fourth-order valence-corrected chi connectivity index (χ4v) is 4.24. The maximum Gasteiger partial charge on any atom is 0.338 e. The van der Waals surface area contributed by atoms with Crippen LogP contribution >= 0.6 is 11.6 Å². The van der Waals surface area contributed by atoms with Gasteiger partial charge in [-0.05, 0) is 87.4 Å². The van der Waals surface area contributed by atoms with Crippen molar-refractivity contribution in [1.82, 2.24) is 9.88 Å². The number of benzene rings is 2. The standard InChI is InChI=1S/C27H24ClN3O5/c1-5-36-26(34)18-7-10-20(11-8-18)30-16(3)12-19(17(30)4)13-22-24(32)29-27(35)31(25(22)33)21-9-6-15(2)23(28)14-21/h6-14H,5H2,1-4H3,(H,29,32,35)/b22-13-. The van der Waals surface area contributed by atoms with Gasteiger partial charge in [-0.25, -0.2) is 14.5 Å². The Hall–Kier alpha value is -4.17. The highest BCUT2D eigenvalue weighted by molar-refractivity contribution is 6.39. The first-order valence-electron chi connectivity index (χ1n) is 11.3. The number of carbonyl (C=O) groups is 4. The summed E-state index contributed by atoms with van der Waals surface area (Å²) in [4.78, 5) is 51.2. The molecule has 0 bridgehead atoms. The number of nitrogens with zero attached hydrogens (tertiary/aromatic N) is 2. The number of carbonyl (C=O) groups excluding carboxylic acids is 4. The zero-order valence-corrected chi connectivity index (χ0v) is 21.0. The molecule has 2 heterocycles. The molecule has 3 aromatic rings. The predicted molar refractivity (Wildman–Crippen MR) is 136 cm³/mol. The van der Waals surface area contributed by atoms with Gasteiger partial charge in [0.15, 0.2) is 0 Å². The molecule has 0 atom stereocenters. The number of aromatic nitrogens is 1. The highest BCUT2D eigenvalue weighted by atomic mass is 35.5. The summed E-state index contributed by atoms with van der Waals surface area (Å²) in [6, 6.07) is 12.7. The Balaban J connectivity index is 1.70. The number of aryl methyl sites for hydroxylation is 2. The van der Waals surface area contributed by atoms with Crippen LogP contribution in [-0.2, 0) is 14.3 Å². The summed E-state index contributed by atoms with van der Waals surface area (Å²) in [7, 11) is 0. The fourth-order valence-electron chi connectivity index (χ4n) is 4.06. The smallest absolute Gasteiger partial charge is 0.338 e. The van der Waals surface area contributed by atoms with E-state index in [0.29, 0.717) is 22.8 Å². The highest BCUT2D eigenvalue weighted by Gasteiger charge is 2.37. The van der Waals surface area contributed by atoms with E-state index in [-0.39, 0.29) is 11.3 Å². The van der Waals surface area contributed by atoms with Gasteiger partial charge in [0.2, 0.25) is 0 Å². The molecular weight excluding hydrogens is 482 g/mol. The predicted octanol–water partition coefficient (Wildman–Crippen LogP) is 4.90. The zero-order chi connectivity index (χ0) is 26.1. The lowest BCUT2D eigenvalue weighted by Crippen LogP contribution is -2.54. The molecule has 1 aliphatic heterocycles. The van der Waals surface area contributed by atoms with Crippen LogP contribution < -0.4 is 10.2 Å². The maximum absolute atomic E-state index is 13.3. The van der Waals surface area contributed by atoms with Crippen molar-refractivity contribution >= 4 is 47.2 Å². The van der Waals surface area contributed by atoms with Gasteiger partial charge in [-0.15, -0.1) is 0 Å². The van der Waals surface area contributed by atoms with Gasteiger partial charge < -0.3 is 9.30 Å². The van der Waals surface area contributed by atoms with Crippen molar-refractivity contribution in [2.75, 3.05) is 11.5 Å². The summed E-state index contributed by atoms with van der Waals surface area (Å²) in [6.07, 6.45) is 1.47. The third-order valence-corrected chi connectivity index (χ3v) is 6.33. The molecule has 0 aliphatic carbocycles. The third-order valence-electron chi connectivity index (χ3n) is 5.92. The lowest BCUT2D eigenvalue weighted by molar-refractivity contribution is -0.122. The minimum Gasteiger partial charge on any atom is -0.462 e. The lowest BCUT2D eigenvalue weighted by Gasteiger charge is -2.26. The van der Waals surface area contributed by atoms with Crippen LogP contribution in [0.1, 0.15) is 39.8 Å². The van der Waals surface area contributed by atoms with E-state index >= 15 is 0 Å². The van der Waals surface area contributed by atoms with E-state index in [9.17, 15) is 19.2 Å². The molecule has 1 N–H and O–H groups in total. The van der Waals surface area contributed by atoms with Crippen LogP contribution in [0.2, 0.25) is 5.02 Å². The number of hydrogen-bond acceptors (Lipinski definition) is 5. The Labute approximate surface area is 213 Å². The molecule has 184 valence electrons. The van der Waals surface area contributed by atoms with Crippen molar-refractivity contribution in [2.24, 2.45) is 0 Å². The van der Waals surface area contributed by atoms with Crippen LogP contribution in [-0.4, -0.2) is 35.0 Å². The van der Waals surface area contributed by atoms with Gasteiger partial charge in [-0.3, -0.25) is 14.9 Å². The molecule has 9 heteroatoms. The topological polar surface area (TPSA) is 97.7 Å². The number of barbiturate groups is 1. The number of esters is 1. The first-order chi connectivity index (χ1) is 17.1.